The lowest BCUT2D eigenvalue weighted by Crippen LogP contribution is -2.09. The third-order valence-electron chi connectivity index (χ3n) is 2.76. The number of fused-ring (bicyclic) bond motifs is 1. The van der Waals surface area contributed by atoms with Crippen LogP contribution >= 0.6 is 22.6 Å². The van der Waals surface area contributed by atoms with Gasteiger partial charge in [0.2, 0.25) is 0 Å². The molecule has 0 unspecified atom stereocenters. The molecule has 7 heteroatoms. The minimum Gasteiger partial charge on any atom is -0.441 e. The summed E-state index contributed by atoms with van der Waals surface area (Å²) in [5, 5.41) is 0. The van der Waals surface area contributed by atoms with Crippen LogP contribution in [0.25, 0.3) is 11.1 Å². The molecule has 2 aromatic carbocycles. The number of nitrogens with zero attached hydrogens (tertiary/aromatic N) is 1. The molecule has 1 heterocycles. The second-order valence-corrected chi connectivity index (χ2v) is 7.15. The summed E-state index contributed by atoms with van der Waals surface area (Å²) in [6.07, 6.45) is 0. The highest BCUT2D eigenvalue weighted by molar-refractivity contribution is 14.1. The molecular formula is C14H10INO4S. The number of aryl methyl sites for hydroxylation is 1. The zero-order chi connectivity index (χ0) is 15.0. The first-order valence-corrected chi connectivity index (χ1v) is 8.50. The van der Waals surface area contributed by atoms with Crippen LogP contribution in [0.1, 0.15) is 5.89 Å². The monoisotopic (exact) mass is 415 g/mol. The second-order valence-electron chi connectivity index (χ2n) is 4.36. The van der Waals surface area contributed by atoms with Crippen molar-refractivity contribution in [2.45, 2.75) is 11.8 Å². The van der Waals surface area contributed by atoms with Crippen molar-refractivity contribution in [3.63, 3.8) is 0 Å². The normalized spacial score (nSPS) is 11.7. The molecule has 1 aromatic heterocycles. The van der Waals surface area contributed by atoms with E-state index in [9.17, 15) is 8.42 Å². The SMILES string of the molecule is Cc1nc2ccc(S(=O)(=O)Oc3cccc(I)c3)cc2o1. The topological polar surface area (TPSA) is 69.4 Å². The van der Waals surface area contributed by atoms with Crippen LogP contribution in [0, 0.1) is 10.5 Å². The lowest BCUT2D eigenvalue weighted by Gasteiger charge is -2.07. The molecule has 0 saturated heterocycles. The van der Waals surface area contributed by atoms with Crippen LogP contribution in [0.2, 0.25) is 0 Å². The van der Waals surface area contributed by atoms with Gasteiger partial charge < -0.3 is 8.60 Å². The van der Waals surface area contributed by atoms with Crippen molar-refractivity contribution in [1.29, 1.82) is 0 Å². The summed E-state index contributed by atoms with van der Waals surface area (Å²) < 4.78 is 35.9. The fourth-order valence-corrected chi connectivity index (χ4v) is 3.32. The average molecular weight is 415 g/mol. The van der Waals surface area contributed by atoms with Crippen LogP contribution in [0.15, 0.2) is 51.8 Å². The van der Waals surface area contributed by atoms with Crippen molar-refractivity contribution in [3.8, 4) is 5.75 Å². The quantitative estimate of drug-likeness (QED) is 0.484. The molecule has 0 amide bonds. The number of oxazole rings is 1. The number of benzene rings is 2. The number of rotatable bonds is 3. The predicted molar refractivity (Wildman–Crippen MR) is 85.7 cm³/mol. The van der Waals surface area contributed by atoms with Gasteiger partial charge in [-0.25, -0.2) is 4.98 Å². The second kappa shape index (κ2) is 5.30. The van der Waals surface area contributed by atoms with E-state index in [4.69, 9.17) is 8.60 Å². The van der Waals surface area contributed by atoms with Crippen LogP contribution < -0.4 is 4.18 Å². The molecule has 5 nitrogen and oxygen atoms in total. The molecule has 0 aliphatic rings. The van der Waals surface area contributed by atoms with E-state index in [1.807, 2.05) is 6.07 Å². The summed E-state index contributed by atoms with van der Waals surface area (Å²) in [5.41, 5.74) is 1.03. The third-order valence-corrected chi connectivity index (χ3v) is 4.67. The van der Waals surface area contributed by atoms with Gasteiger partial charge in [-0.1, -0.05) is 6.07 Å². The molecule has 0 fully saturated rings. The van der Waals surface area contributed by atoms with Gasteiger partial charge in [0, 0.05) is 16.6 Å². The van der Waals surface area contributed by atoms with E-state index in [0.717, 1.165) is 3.57 Å². The van der Waals surface area contributed by atoms with Crippen molar-refractivity contribution in [3.05, 3.63) is 51.9 Å². The van der Waals surface area contributed by atoms with Gasteiger partial charge in [0.25, 0.3) is 0 Å². The van der Waals surface area contributed by atoms with Gasteiger partial charge in [0.15, 0.2) is 11.5 Å². The Hall–Kier alpha value is -1.61. The Morgan fingerprint density at radius 2 is 2.00 bits per heavy atom. The smallest absolute Gasteiger partial charge is 0.339 e. The summed E-state index contributed by atoms with van der Waals surface area (Å²) in [7, 11) is -3.90. The van der Waals surface area contributed by atoms with Crippen molar-refractivity contribution >= 4 is 43.8 Å². The first kappa shape index (κ1) is 14.3. The molecule has 3 aromatic rings. The molecule has 0 atom stereocenters. The maximum atomic E-state index is 12.3. The maximum absolute atomic E-state index is 12.3. The minimum atomic E-state index is -3.90. The van der Waals surface area contributed by atoms with Crippen molar-refractivity contribution < 1.29 is 17.0 Å². The van der Waals surface area contributed by atoms with Gasteiger partial charge in [-0.3, -0.25) is 0 Å². The van der Waals surface area contributed by atoms with Gasteiger partial charge in [-0.05, 0) is 52.9 Å². The Bertz CT molecular complexity index is 918. The molecule has 0 radical (unpaired) electrons. The highest BCUT2D eigenvalue weighted by Crippen LogP contribution is 2.24. The minimum absolute atomic E-state index is 0.0324. The highest BCUT2D eigenvalue weighted by Gasteiger charge is 2.18. The van der Waals surface area contributed by atoms with E-state index in [2.05, 4.69) is 27.6 Å². The van der Waals surface area contributed by atoms with Crippen molar-refractivity contribution in [1.82, 2.24) is 4.98 Å². The Morgan fingerprint density at radius 3 is 2.76 bits per heavy atom. The summed E-state index contributed by atoms with van der Waals surface area (Å²) >= 11 is 2.09. The predicted octanol–water partition coefficient (Wildman–Crippen LogP) is 3.51. The number of aromatic nitrogens is 1. The Morgan fingerprint density at radius 1 is 1.19 bits per heavy atom. The number of halogens is 1. The number of hydrogen-bond acceptors (Lipinski definition) is 5. The van der Waals surface area contributed by atoms with Crippen LogP contribution in [0.4, 0.5) is 0 Å². The molecule has 0 aliphatic heterocycles. The first-order valence-electron chi connectivity index (χ1n) is 6.01. The molecule has 0 spiro atoms. The lowest BCUT2D eigenvalue weighted by molar-refractivity contribution is 0.485. The van der Waals surface area contributed by atoms with Gasteiger partial charge in [0.1, 0.15) is 16.2 Å². The lowest BCUT2D eigenvalue weighted by atomic mass is 10.3. The summed E-state index contributed by atoms with van der Waals surface area (Å²) in [5.74, 6) is 0.758. The largest absolute Gasteiger partial charge is 0.441 e. The summed E-state index contributed by atoms with van der Waals surface area (Å²) in [6, 6.07) is 11.3. The van der Waals surface area contributed by atoms with E-state index in [1.165, 1.54) is 12.1 Å². The van der Waals surface area contributed by atoms with Crippen LogP contribution in [-0.2, 0) is 10.1 Å². The Kier molecular flexibility index (Phi) is 3.62. The van der Waals surface area contributed by atoms with E-state index in [0.29, 0.717) is 17.0 Å². The molecule has 0 saturated carbocycles. The van der Waals surface area contributed by atoms with E-state index >= 15 is 0 Å². The Balaban J connectivity index is 1.99. The summed E-state index contributed by atoms with van der Waals surface area (Å²) in [4.78, 5) is 4.16. The van der Waals surface area contributed by atoms with E-state index in [1.54, 1.807) is 31.2 Å². The molecule has 108 valence electrons. The third kappa shape index (κ3) is 3.03. The van der Waals surface area contributed by atoms with Gasteiger partial charge in [-0.15, -0.1) is 0 Å². The molecule has 3 rings (SSSR count). The van der Waals surface area contributed by atoms with Crippen LogP contribution in [0.3, 0.4) is 0 Å². The first-order chi connectivity index (χ1) is 9.94. The molecule has 0 N–H and O–H groups in total. The number of hydrogen-bond donors (Lipinski definition) is 0. The molecule has 21 heavy (non-hydrogen) atoms. The highest BCUT2D eigenvalue weighted by atomic mass is 127. The van der Waals surface area contributed by atoms with E-state index in [-0.39, 0.29) is 10.6 Å². The Labute approximate surface area is 135 Å². The maximum Gasteiger partial charge on any atom is 0.339 e. The van der Waals surface area contributed by atoms with Crippen molar-refractivity contribution in [2.24, 2.45) is 0 Å². The van der Waals surface area contributed by atoms with Crippen LogP contribution in [0.5, 0.6) is 5.75 Å². The zero-order valence-electron chi connectivity index (χ0n) is 10.9. The van der Waals surface area contributed by atoms with Crippen molar-refractivity contribution in [2.75, 3.05) is 0 Å². The van der Waals surface area contributed by atoms with Gasteiger partial charge in [-0.2, -0.15) is 8.42 Å². The fraction of sp³-hybridized carbons (Fsp3) is 0.0714. The summed E-state index contributed by atoms with van der Waals surface area (Å²) in [6.45, 7) is 1.70. The average Bonchev–Trinajstić information content (AvgIpc) is 2.77. The fourth-order valence-electron chi connectivity index (χ4n) is 1.87. The zero-order valence-corrected chi connectivity index (χ0v) is 13.9. The standard InChI is InChI=1S/C14H10INO4S/c1-9-16-13-6-5-12(8-14(13)19-9)21(17,18)20-11-4-2-3-10(15)7-11/h2-8H,1H3. The molecule has 0 aliphatic carbocycles. The van der Waals surface area contributed by atoms with Gasteiger partial charge in [0.05, 0.1) is 0 Å². The van der Waals surface area contributed by atoms with E-state index < -0.39 is 10.1 Å². The van der Waals surface area contributed by atoms with Gasteiger partial charge >= 0.3 is 10.1 Å². The van der Waals surface area contributed by atoms with Crippen LogP contribution in [-0.4, -0.2) is 13.4 Å². The molecule has 0 bridgehead atoms. The molecular weight excluding hydrogens is 405 g/mol.